The van der Waals surface area contributed by atoms with Gasteiger partial charge >= 0.3 is 0 Å². The number of fused-ring (bicyclic) bond motifs is 1. The number of nitrogens with one attached hydrogen (secondary N) is 1. The van der Waals surface area contributed by atoms with Crippen LogP contribution in [0.2, 0.25) is 0 Å². The summed E-state index contributed by atoms with van der Waals surface area (Å²) in [6.45, 7) is 1.49. The van der Waals surface area contributed by atoms with Gasteiger partial charge in [-0.05, 0) is 56.6 Å². The highest BCUT2D eigenvalue weighted by Crippen LogP contribution is 2.32. The van der Waals surface area contributed by atoms with Gasteiger partial charge in [-0.15, -0.1) is 0 Å². The van der Waals surface area contributed by atoms with E-state index in [1.165, 1.54) is 24.8 Å². The van der Waals surface area contributed by atoms with Crippen LogP contribution >= 0.6 is 0 Å². The average Bonchev–Trinajstić information content (AvgIpc) is 2.74. The van der Waals surface area contributed by atoms with E-state index >= 15 is 0 Å². The Morgan fingerprint density at radius 3 is 2.56 bits per heavy atom. The van der Waals surface area contributed by atoms with E-state index in [4.69, 9.17) is 0 Å². The van der Waals surface area contributed by atoms with Crippen LogP contribution in [0, 0.1) is 5.92 Å². The predicted molar refractivity (Wildman–Crippen MR) is 104 cm³/mol. The van der Waals surface area contributed by atoms with Gasteiger partial charge in [0.1, 0.15) is 0 Å². The molecule has 1 saturated heterocycles. The Kier molecular flexibility index (Phi) is 5.74. The SMILES string of the molecule is O=C(NC1CCN(C(=O)C2CCCc3cccnc32)CC1)C1CCCCC1. The van der Waals surface area contributed by atoms with Crippen LogP contribution in [0.25, 0.3) is 0 Å². The van der Waals surface area contributed by atoms with Crippen LogP contribution in [0.5, 0.6) is 0 Å². The molecule has 2 heterocycles. The first-order valence-electron chi connectivity index (χ1n) is 10.8. The maximum atomic E-state index is 13.1. The molecule has 5 nitrogen and oxygen atoms in total. The third-order valence-corrected chi connectivity index (χ3v) is 6.62. The number of rotatable bonds is 3. The molecule has 1 saturated carbocycles. The second-order valence-corrected chi connectivity index (χ2v) is 8.44. The van der Waals surface area contributed by atoms with Crippen molar-refractivity contribution in [1.29, 1.82) is 0 Å². The molecule has 2 fully saturated rings. The minimum atomic E-state index is -0.0803. The highest BCUT2D eigenvalue weighted by molar-refractivity contribution is 5.84. The Morgan fingerprint density at radius 1 is 1.00 bits per heavy atom. The molecule has 1 aliphatic heterocycles. The molecular weight excluding hydrogens is 338 g/mol. The molecule has 1 unspecified atom stereocenters. The summed E-state index contributed by atoms with van der Waals surface area (Å²) in [6.07, 6.45) is 12.2. The fourth-order valence-electron chi connectivity index (χ4n) is 5.00. The van der Waals surface area contributed by atoms with Crippen LogP contribution in [0.15, 0.2) is 18.3 Å². The van der Waals surface area contributed by atoms with Crippen molar-refractivity contribution < 1.29 is 9.59 Å². The van der Waals surface area contributed by atoms with Gasteiger partial charge in [-0.3, -0.25) is 14.6 Å². The number of carbonyl (C=O) groups is 2. The predicted octanol–water partition coefficient (Wildman–Crippen LogP) is 3.19. The van der Waals surface area contributed by atoms with E-state index in [-0.39, 0.29) is 29.7 Å². The molecule has 2 aliphatic carbocycles. The number of pyridine rings is 1. The summed E-state index contributed by atoms with van der Waals surface area (Å²) in [6, 6.07) is 4.29. The molecule has 1 aromatic rings. The lowest BCUT2D eigenvalue weighted by Gasteiger charge is -2.36. The van der Waals surface area contributed by atoms with Gasteiger partial charge in [0.05, 0.1) is 11.6 Å². The molecule has 1 aromatic heterocycles. The van der Waals surface area contributed by atoms with Crippen molar-refractivity contribution >= 4 is 11.8 Å². The van der Waals surface area contributed by atoms with Gasteiger partial charge in [0.25, 0.3) is 0 Å². The lowest BCUT2D eigenvalue weighted by atomic mass is 9.85. The first-order chi connectivity index (χ1) is 13.2. The average molecular weight is 370 g/mol. The second-order valence-electron chi connectivity index (χ2n) is 8.44. The number of nitrogens with zero attached hydrogens (tertiary/aromatic N) is 2. The maximum Gasteiger partial charge on any atom is 0.231 e. The van der Waals surface area contributed by atoms with Crippen LogP contribution in [0.4, 0.5) is 0 Å². The third kappa shape index (κ3) is 4.17. The van der Waals surface area contributed by atoms with Crippen molar-refractivity contribution in [3.8, 4) is 0 Å². The zero-order chi connectivity index (χ0) is 18.6. The van der Waals surface area contributed by atoms with E-state index < -0.39 is 0 Å². The molecule has 27 heavy (non-hydrogen) atoms. The van der Waals surface area contributed by atoms with E-state index in [9.17, 15) is 9.59 Å². The molecule has 5 heteroatoms. The second kappa shape index (κ2) is 8.41. The fourth-order valence-corrected chi connectivity index (χ4v) is 5.00. The molecule has 0 radical (unpaired) electrons. The summed E-state index contributed by atoms with van der Waals surface area (Å²) in [4.78, 5) is 32.1. The quantitative estimate of drug-likeness (QED) is 0.890. The molecular formula is C22H31N3O2. The Bertz CT molecular complexity index is 676. The summed E-state index contributed by atoms with van der Waals surface area (Å²) in [7, 11) is 0. The van der Waals surface area contributed by atoms with Crippen molar-refractivity contribution in [2.24, 2.45) is 5.92 Å². The zero-order valence-corrected chi connectivity index (χ0v) is 16.2. The van der Waals surface area contributed by atoms with Gasteiger partial charge in [0, 0.05) is 31.2 Å². The van der Waals surface area contributed by atoms with E-state index in [0.29, 0.717) is 0 Å². The molecule has 0 spiro atoms. The molecule has 1 N–H and O–H groups in total. The molecule has 3 aliphatic rings. The van der Waals surface area contributed by atoms with E-state index in [2.05, 4.69) is 16.4 Å². The highest BCUT2D eigenvalue weighted by atomic mass is 16.2. The van der Waals surface area contributed by atoms with Crippen molar-refractivity contribution in [2.75, 3.05) is 13.1 Å². The van der Waals surface area contributed by atoms with Gasteiger partial charge < -0.3 is 10.2 Å². The smallest absolute Gasteiger partial charge is 0.231 e. The van der Waals surface area contributed by atoms with Gasteiger partial charge in [-0.1, -0.05) is 25.3 Å². The highest BCUT2D eigenvalue weighted by Gasteiger charge is 2.33. The number of hydrogen-bond acceptors (Lipinski definition) is 3. The normalized spacial score (nSPS) is 24.3. The van der Waals surface area contributed by atoms with E-state index in [1.807, 2.05) is 11.0 Å². The van der Waals surface area contributed by atoms with Crippen LogP contribution in [0.1, 0.15) is 75.0 Å². The monoisotopic (exact) mass is 369 g/mol. The Labute approximate surface area is 161 Å². The Balaban J connectivity index is 1.30. The number of piperidine rings is 1. The van der Waals surface area contributed by atoms with Crippen molar-refractivity contribution in [3.63, 3.8) is 0 Å². The summed E-state index contributed by atoms with van der Waals surface area (Å²) in [5, 5.41) is 3.25. The summed E-state index contributed by atoms with van der Waals surface area (Å²) >= 11 is 0. The minimum Gasteiger partial charge on any atom is -0.353 e. The summed E-state index contributed by atoms with van der Waals surface area (Å²) < 4.78 is 0. The van der Waals surface area contributed by atoms with E-state index in [1.54, 1.807) is 6.20 Å². The topological polar surface area (TPSA) is 62.3 Å². The molecule has 4 rings (SSSR count). The molecule has 0 aromatic carbocycles. The number of hydrogen-bond donors (Lipinski definition) is 1. The number of aromatic nitrogens is 1. The third-order valence-electron chi connectivity index (χ3n) is 6.62. The summed E-state index contributed by atoms with van der Waals surface area (Å²) in [5.41, 5.74) is 2.22. The molecule has 1 atom stereocenters. The first kappa shape index (κ1) is 18.5. The molecule has 0 bridgehead atoms. The summed E-state index contributed by atoms with van der Waals surface area (Å²) in [5.74, 6) is 0.600. The number of carbonyl (C=O) groups excluding carboxylic acids is 2. The van der Waals surface area contributed by atoms with Crippen LogP contribution in [-0.2, 0) is 16.0 Å². The lowest BCUT2D eigenvalue weighted by Crippen LogP contribution is -2.49. The lowest BCUT2D eigenvalue weighted by molar-refractivity contribution is -0.134. The Morgan fingerprint density at radius 2 is 1.78 bits per heavy atom. The molecule has 2 amide bonds. The van der Waals surface area contributed by atoms with Crippen molar-refractivity contribution in [3.05, 3.63) is 29.6 Å². The van der Waals surface area contributed by atoms with Gasteiger partial charge in [-0.25, -0.2) is 0 Å². The number of aryl methyl sites for hydroxylation is 1. The van der Waals surface area contributed by atoms with Gasteiger partial charge in [0.15, 0.2) is 0 Å². The molecule has 146 valence electrons. The standard InChI is InChI=1S/C22H31N3O2/c26-21(17-6-2-1-3-7-17)24-18-11-14-25(15-12-18)22(27)19-10-4-8-16-9-5-13-23-20(16)19/h5,9,13,17-19H,1-4,6-8,10-12,14-15H2,(H,24,26). The minimum absolute atomic E-state index is 0.0803. The first-order valence-corrected chi connectivity index (χ1v) is 10.8. The number of likely N-dealkylation sites (tertiary alicyclic amines) is 1. The Hall–Kier alpha value is -1.91. The van der Waals surface area contributed by atoms with Gasteiger partial charge in [0.2, 0.25) is 11.8 Å². The van der Waals surface area contributed by atoms with Crippen LogP contribution in [-0.4, -0.2) is 40.8 Å². The van der Waals surface area contributed by atoms with E-state index in [0.717, 1.165) is 63.7 Å². The van der Waals surface area contributed by atoms with Crippen molar-refractivity contribution in [1.82, 2.24) is 15.2 Å². The van der Waals surface area contributed by atoms with Crippen molar-refractivity contribution in [2.45, 2.75) is 76.2 Å². The van der Waals surface area contributed by atoms with Crippen LogP contribution in [0.3, 0.4) is 0 Å². The zero-order valence-electron chi connectivity index (χ0n) is 16.2. The largest absolute Gasteiger partial charge is 0.353 e. The fraction of sp³-hybridized carbons (Fsp3) is 0.682. The van der Waals surface area contributed by atoms with Crippen LogP contribution < -0.4 is 5.32 Å². The number of amides is 2. The maximum absolute atomic E-state index is 13.1. The van der Waals surface area contributed by atoms with Gasteiger partial charge in [-0.2, -0.15) is 0 Å².